The number of thioether (sulfide) groups is 1. The van der Waals surface area contributed by atoms with Crippen molar-refractivity contribution in [2.24, 2.45) is 0 Å². The molecule has 0 bridgehead atoms. The van der Waals surface area contributed by atoms with E-state index in [0.29, 0.717) is 0 Å². The average molecular weight is 165 g/mol. The second-order valence-electron chi connectivity index (χ2n) is 2.02. The van der Waals surface area contributed by atoms with Gasteiger partial charge in [0.1, 0.15) is 0 Å². The van der Waals surface area contributed by atoms with Crippen LogP contribution in [0.25, 0.3) is 0 Å². The van der Waals surface area contributed by atoms with Gasteiger partial charge in [-0.25, -0.2) is 0 Å². The summed E-state index contributed by atoms with van der Waals surface area (Å²) in [6, 6.07) is 0. The molecule has 1 N–H and O–H groups in total. The lowest BCUT2D eigenvalue weighted by molar-refractivity contribution is -0.296. The summed E-state index contributed by atoms with van der Waals surface area (Å²) in [7, 11) is -2.33. The molecule has 9 heavy (non-hydrogen) atoms. The molecule has 1 rings (SSSR count). The minimum Gasteiger partial charge on any atom is -0.840 e. The molecule has 3 nitrogen and oxygen atoms in total. The van der Waals surface area contributed by atoms with Gasteiger partial charge in [-0.05, 0) is 6.92 Å². The van der Waals surface area contributed by atoms with Crippen molar-refractivity contribution in [3.63, 3.8) is 0 Å². The SMILES string of the molecule is CC1(P([O-])[O-])NCCS1. The Bertz CT molecular complexity index is 105. The van der Waals surface area contributed by atoms with E-state index in [2.05, 4.69) is 5.32 Å². The summed E-state index contributed by atoms with van der Waals surface area (Å²) in [5, 5.41) is 2.90. The zero-order valence-corrected chi connectivity index (χ0v) is 6.80. The third-order valence-corrected chi connectivity index (χ3v) is 4.09. The highest BCUT2D eigenvalue weighted by atomic mass is 32.2. The Morgan fingerprint density at radius 2 is 2.33 bits per heavy atom. The molecule has 0 aliphatic carbocycles. The molecule has 1 aliphatic rings. The molecule has 0 aromatic heterocycles. The normalized spacial score (nSPS) is 36.0. The fraction of sp³-hybridized carbons (Fsp3) is 1.00. The van der Waals surface area contributed by atoms with Gasteiger partial charge >= 0.3 is 0 Å². The van der Waals surface area contributed by atoms with Crippen LogP contribution in [0.1, 0.15) is 6.92 Å². The summed E-state index contributed by atoms with van der Waals surface area (Å²) in [6.07, 6.45) is 0. The standard InChI is InChI=1S/C4H8NO2PS/c1-4(8(6)7)5-2-3-9-4/h5H,2-3H2,1H3/q-2. The minimum absolute atomic E-state index is 0.685. The van der Waals surface area contributed by atoms with Crippen molar-refractivity contribution < 1.29 is 9.79 Å². The first-order chi connectivity index (χ1) is 4.15. The lowest BCUT2D eigenvalue weighted by Crippen LogP contribution is -2.39. The van der Waals surface area contributed by atoms with E-state index in [1.807, 2.05) is 0 Å². The quantitative estimate of drug-likeness (QED) is 0.508. The second kappa shape index (κ2) is 2.72. The molecule has 1 saturated heterocycles. The molecule has 0 spiro atoms. The van der Waals surface area contributed by atoms with Crippen LogP contribution in [0.4, 0.5) is 0 Å². The number of hydrogen-bond donors (Lipinski definition) is 1. The molecule has 0 aromatic rings. The molecular formula is C4H8NO2PS-2. The lowest BCUT2D eigenvalue weighted by atomic mass is 10.7. The van der Waals surface area contributed by atoms with Gasteiger partial charge < -0.3 is 15.1 Å². The van der Waals surface area contributed by atoms with Gasteiger partial charge in [0, 0.05) is 12.3 Å². The first-order valence-electron chi connectivity index (χ1n) is 2.69. The first kappa shape index (κ1) is 7.76. The first-order valence-corrected chi connectivity index (χ1v) is 4.85. The van der Waals surface area contributed by atoms with Gasteiger partial charge in [-0.15, -0.1) is 11.8 Å². The van der Waals surface area contributed by atoms with Gasteiger partial charge in [-0.1, -0.05) is 0 Å². The molecular weight excluding hydrogens is 157 g/mol. The third kappa shape index (κ3) is 1.57. The minimum atomic E-state index is -2.33. The van der Waals surface area contributed by atoms with Crippen molar-refractivity contribution in [3.8, 4) is 0 Å². The summed E-state index contributed by atoms with van der Waals surface area (Å²) in [4.78, 5) is 21.0. The van der Waals surface area contributed by atoms with Gasteiger partial charge in [-0.3, -0.25) is 8.38 Å². The van der Waals surface area contributed by atoms with Crippen LogP contribution in [0.3, 0.4) is 0 Å². The maximum Gasteiger partial charge on any atom is 0.0513 e. The smallest absolute Gasteiger partial charge is 0.0513 e. The Kier molecular flexibility index (Phi) is 2.35. The van der Waals surface area contributed by atoms with Crippen LogP contribution in [0.15, 0.2) is 0 Å². The zero-order valence-electron chi connectivity index (χ0n) is 5.09. The predicted octanol–water partition coefficient (Wildman–Crippen LogP) is -0.971. The third-order valence-electron chi connectivity index (χ3n) is 1.29. The largest absolute Gasteiger partial charge is 0.840 e. The summed E-state index contributed by atoms with van der Waals surface area (Å²) < 4.78 is -0.685. The van der Waals surface area contributed by atoms with E-state index in [4.69, 9.17) is 0 Å². The van der Waals surface area contributed by atoms with Crippen molar-refractivity contribution in [3.05, 3.63) is 0 Å². The van der Waals surface area contributed by atoms with Gasteiger partial charge in [0.15, 0.2) is 0 Å². The Balaban J connectivity index is 2.51. The lowest BCUT2D eigenvalue weighted by Gasteiger charge is -2.46. The van der Waals surface area contributed by atoms with Crippen LogP contribution in [0, 0.1) is 0 Å². The van der Waals surface area contributed by atoms with Gasteiger partial charge in [0.05, 0.1) is 4.61 Å². The maximum atomic E-state index is 10.5. The van der Waals surface area contributed by atoms with Crippen LogP contribution in [-0.4, -0.2) is 16.9 Å². The molecule has 54 valence electrons. The van der Waals surface area contributed by atoms with Crippen LogP contribution >= 0.6 is 20.1 Å². The van der Waals surface area contributed by atoms with E-state index in [0.717, 1.165) is 12.3 Å². The molecule has 1 fully saturated rings. The Morgan fingerprint density at radius 1 is 1.67 bits per heavy atom. The van der Waals surface area contributed by atoms with Crippen molar-refractivity contribution in [1.82, 2.24) is 5.32 Å². The van der Waals surface area contributed by atoms with Gasteiger partial charge in [0.25, 0.3) is 0 Å². The van der Waals surface area contributed by atoms with E-state index in [1.54, 1.807) is 6.92 Å². The van der Waals surface area contributed by atoms with E-state index >= 15 is 0 Å². The Hall–Kier alpha value is 0.660. The summed E-state index contributed by atoms with van der Waals surface area (Å²) >= 11 is 1.45. The highest BCUT2D eigenvalue weighted by Crippen LogP contribution is 2.44. The van der Waals surface area contributed by atoms with Crippen molar-refractivity contribution >= 4 is 20.1 Å². The van der Waals surface area contributed by atoms with Crippen molar-refractivity contribution in [2.75, 3.05) is 12.3 Å². The summed E-state index contributed by atoms with van der Waals surface area (Å²) in [6.45, 7) is 2.49. The fourth-order valence-corrected chi connectivity index (χ4v) is 2.44. The highest BCUT2D eigenvalue weighted by molar-refractivity contribution is 8.05. The van der Waals surface area contributed by atoms with Crippen LogP contribution < -0.4 is 15.1 Å². The second-order valence-corrected chi connectivity index (χ2v) is 5.24. The molecule has 0 saturated carbocycles. The molecule has 1 aliphatic heterocycles. The Morgan fingerprint density at radius 3 is 2.56 bits per heavy atom. The maximum absolute atomic E-state index is 10.5. The predicted molar refractivity (Wildman–Crippen MR) is 35.8 cm³/mol. The van der Waals surface area contributed by atoms with Crippen molar-refractivity contribution in [1.29, 1.82) is 0 Å². The molecule has 1 atom stereocenters. The van der Waals surface area contributed by atoms with Crippen molar-refractivity contribution in [2.45, 2.75) is 11.5 Å². The molecule has 5 heteroatoms. The number of nitrogens with one attached hydrogen (secondary N) is 1. The van der Waals surface area contributed by atoms with E-state index in [-0.39, 0.29) is 0 Å². The topological polar surface area (TPSA) is 58.1 Å². The fourth-order valence-electron chi connectivity index (χ4n) is 0.701. The van der Waals surface area contributed by atoms with E-state index < -0.39 is 13.0 Å². The average Bonchev–Trinajstić information content (AvgIpc) is 2.16. The molecule has 1 heterocycles. The number of rotatable bonds is 1. The van der Waals surface area contributed by atoms with Crippen LogP contribution in [0.5, 0.6) is 0 Å². The molecule has 0 aromatic carbocycles. The zero-order chi connectivity index (χ0) is 6.91. The van der Waals surface area contributed by atoms with E-state index in [1.165, 1.54) is 11.8 Å². The molecule has 1 unspecified atom stereocenters. The summed E-state index contributed by atoms with van der Waals surface area (Å²) in [5.74, 6) is 0.889. The molecule has 0 radical (unpaired) electrons. The highest BCUT2D eigenvalue weighted by Gasteiger charge is 2.24. The van der Waals surface area contributed by atoms with Gasteiger partial charge in [0.2, 0.25) is 0 Å². The summed E-state index contributed by atoms with van der Waals surface area (Å²) in [5.41, 5.74) is 0. The van der Waals surface area contributed by atoms with Crippen LogP contribution in [-0.2, 0) is 0 Å². The molecule has 0 amide bonds. The number of hydrogen-bond acceptors (Lipinski definition) is 4. The van der Waals surface area contributed by atoms with E-state index in [9.17, 15) is 9.79 Å². The van der Waals surface area contributed by atoms with Gasteiger partial charge in [-0.2, -0.15) is 0 Å². The monoisotopic (exact) mass is 165 g/mol. The Labute approximate surface area is 59.8 Å². The van der Waals surface area contributed by atoms with Crippen LogP contribution in [0.2, 0.25) is 0 Å².